The zero-order chi connectivity index (χ0) is 46.1. The number of hydrogen-bond acceptors (Lipinski definition) is 14. The van der Waals surface area contributed by atoms with Gasteiger partial charge in [0.1, 0.15) is 36.3 Å². The summed E-state index contributed by atoms with van der Waals surface area (Å²) in [5.74, 6) is -8.37. The van der Waals surface area contributed by atoms with Gasteiger partial charge in [-0.15, -0.1) is 0 Å². The highest BCUT2D eigenvalue weighted by Crippen LogP contribution is 2.08. The van der Waals surface area contributed by atoms with Crippen LogP contribution >= 0.6 is 0 Å². The zero-order valence-electron chi connectivity index (χ0n) is 34.2. The second-order valence-corrected chi connectivity index (χ2v) is 14.0. The van der Waals surface area contributed by atoms with Gasteiger partial charge in [0.25, 0.3) is 0 Å². The van der Waals surface area contributed by atoms with Crippen LogP contribution < -0.4 is 72.0 Å². The lowest BCUT2D eigenvalue weighted by Gasteiger charge is -2.28. The quantitative estimate of drug-likeness (QED) is 0.0181. The zero-order valence-corrected chi connectivity index (χ0v) is 34.2. The summed E-state index contributed by atoms with van der Waals surface area (Å²) >= 11 is 0. The van der Waals surface area contributed by atoms with Crippen molar-refractivity contribution in [2.24, 2.45) is 50.1 Å². The van der Waals surface area contributed by atoms with Crippen molar-refractivity contribution >= 4 is 59.2 Å². The molecule has 0 bridgehead atoms. The highest BCUT2D eigenvalue weighted by Gasteiger charge is 2.35. The van der Waals surface area contributed by atoms with E-state index in [1.807, 2.05) is 0 Å². The van der Waals surface area contributed by atoms with Gasteiger partial charge in [0.2, 0.25) is 41.4 Å². The Hall–Kier alpha value is -5.86. The van der Waals surface area contributed by atoms with Crippen LogP contribution in [-0.2, 0) is 38.4 Å². The minimum atomic E-state index is -1.75. The summed E-state index contributed by atoms with van der Waals surface area (Å²) in [5.41, 5.74) is 37.9. The Balaban J connectivity index is 6.05. The van der Waals surface area contributed by atoms with E-state index in [0.29, 0.717) is 19.3 Å². The number of nitrogens with one attached hydrogen (secondary N) is 6. The number of aliphatic hydroxyl groups excluding tert-OH is 2. The predicted molar refractivity (Wildman–Crippen MR) is 217 cm³/mol. The molecule has 9 atom stereocenters. The van der Waals surface area contributed by atoms with Crippen molar-refractivity contribution in [3.63, 3.8) is 0 Å². The molecule has 0 spiro atoms. The lowest BCUT2D eigenvalue weighted by molar-refractivity contribution is -0.142. The Morgan fingerprint density at radius 3 is 1.45 bits per heavy atom. The lowest BCUT2D eigenvalue weighted by Crippen LogP contribution is -2.62. The number of carboxylic acids is 1. The molecule has 60 heavy (non-hydrogen) atoms. The van der Waals surface area contributed by atoms with Gasteiger partial charge < -0.3 is 87.4 Å². The first-order valence-electron chi connectivity index (χ1n) is 19.3. The fourth-order valence-corrected chi connectivity index (χ4v) is 5.25. The average molecular weight is 860 g/mol. The maximum Gasteiger partial charge on any atom is 0.326 e. The van der Waals surface area contributed by atoms with E-state index in [1.54, 1.807) is 0 Å². The molecular formula is C34H65N15O11. The molecule has 0 fully saturated rings. The Labute approximate surface area is 347 Å². The number of primary amides is 1. The molecule has 0 heterocycles. The molecule has 342 valence electrons. The molecule has 0 aliphatic rings. The van der Waals surface area contributed by atoms with Gasteiger partial charge in [-0.05, 0) is 78.7 Å². The second kappa shape index (κ2) is 28.5. The van der Waals surface area contributed by atoms with Crippen LogP contribution in [0.25, 0.3) is 0 Å². The Morgan fingerprint density at radius 2 is 0.967 bits per heavy atom. The first-order chi connectivity index (χ1) is 28.0. The van der Waals surface area contributed by atoms with Gasteiger partial charge in [0.05, 0.1) is 18.2 Å². The first kappa shape index (κ1) is 54.1. The number of rotatable bonds is 30. The molecule has 0 unspecified atom stereocenters. The molecule has 0 saturated carbocycles. The standard InChI is InChI=1S/C34H65N15O11/c1-16(26(53)47-22(32(59)60)10-7-15-43-34(40)41)44-30(57)24(17(2)50)49-29(56)21(11-12-23(37)52)45-28(55)20(9-4-5-13-35)46-31(58)25(18(3)51)48-27(54)19(36)8-6-14-42-33(38)39/h16-22,24-25,50-51H,4-15,35-36H2,1-3H3,(H2,37,52)(H,44,57)(H,45,55)(H,46,58)(H,47,53)(H,48,54)(H,49,56)(H,59,60)(H4,38,39,42)(H4,40,41,43)/t16-,17+,18+,19-,20-,21-,22-,24-,25-/m0/s1. The number of carbonyl (C=O) groups is 8. The molecule has 0 rings (SSSR count). The number of nitrogens with two attached hydrogens (primary N) is 7. The number of guanidine groups is 2. The van der Waals surface area contributed by atoms with E-state index in [0.717, 1.165) is 6.92 Å². The number of aliphatic imine (C=N–C) groups is 2. The van der Waals surface area contributed by atoms with E-state index in [4.69, 9.17) is 40.1 Å². The van der Waals surface area contributed by atoms with Gasteiger partial charge in [-0.3, -0.25) is 43.5 Å². The van der Waals surface area contributed by atoms with Gasteiger partial charge in [-0.25, -0.2) is 4.79 Å². The smallest absolute Gasteiger partial charge is 0.326 e. The van der Waals surface area contributed by atoms with Crippen molar-refractivity contribution in [3.8, 4) is 0 Å². The molecule has 0 aromatic carbocycles. The summed E-state index contributed by atoms with van der Waals surface area (Å²) in [7, 11) is 0. The molecule has 26 nitrogen and oxygen atoms in total. The van der Waals surface area contributed by atoms with Gasteiger partial charge in [-0.2, -0.15) is 0 Å². The van der Waals surface area contributed by atoms with E-state index in [-0.39, 0.29) is 57.2 Å². The number of aliphatic carboxylic acids is 1. The number of unbranched alkanes of at least 4 members (excludes halogenated alkanes) is 1. The minimum Gasteiger partial charge on any atom is -0.480 e. The fourth-order valence-electron chi connectivity index (χ4n) is 5.25. The van der Waals surface area contributed by atoms with Crippen molar-refractivity contribution in [3.05, 3.63) is 0 Å². The van der Waals surface area contributed by atoms with E-state index >= 15 is 0 Å². The van der Waals surface area contributed by atoms with Crippen molar-refractivity contribution in [2.45, 2.75) is 133 Å². The van der Waals surface area contributed by atoms with Crippen LogP contribution in [-0.4, -0.2) is 149 Å². The van der Waals surface area contributed by atoms with E-state index in [2.05, 4.69) is 41.9 Å². The van der Waals surface area contributed by atoms with Gasteiger partial charge >= 0.3 is 5.97 Å². The maximum absolute atomic E-state index is 13.7. The van der Waals surface area contributed by atoms with Gasteiger partial charge in [0.15, 0.2) is 11.9 Å². The fraction of sp³-hybridized carbons (Fsp3) is 0.706. The number of carbonyl (C=O) groups excluding carboxylic acids is 7. The van der Waals surface area contributed by atoms with Crippen LogP contribution in [0.5, 0.6) is 0 Å². The van der Waals surface area contributed by atoms with Crippen LogP contribution in [0.15, 0.2) is 9.98 Å². The predicted octanol–water partition coefficient (Wildman–Crippen LogP) is -7.41. The Bertz CT molecular complexity index is 1500. The second-order valence-electron chi connectivity index (χ2n) is 14.0. The third-order valence-electron chi connectivity index (χ3n) is 8.63. The number of aliphatic hydroxyl groups is 2. The monoisotopic (exact) mass is 859 g/mol. The molecule has 0 aromatic heterocycles. The molecular weight excluding hydrogens is 794 g/mol. The number of amides is 7. The summed E-state index contributed by atoms with van der Waals surface area (Å²) in [5, 5.41) is 44.4. The summed E-state index contributed by atoms with van der Waals surface area (Å²) in [6.07, 6.45) is -2.67. The van der Waals surface area contributed by atoms with Crippen molar-refractivity contribution in [1.82, 2.24) is 31.9 Å². The molecule has 0 radical (unpaired) electrons. The SMILES string of the molecule is C[C@H](NC(=O)[C@@H](NC(=O)[C@H](CCC(N)=O)NC(=O)[C@H](CCCCN)NC(=O)[C@@H](NC(=O)[C@@H](N)CCCN=C(N)N)[C@@H](C)O)[C@@H](C)O)C(=O)N[C@@H](CCCN=C(N)N)C(=O)O. The van der Waals surface area contributed by atoms with Crippen LogP contribution in [0.2, 0.25) is 0 Å². The molecule has 0 aliphatic carbocycles. The Kier molecular flexibility index (Phi) is 25.8. The van der Waals surface area contributed by atoms with Crippen molar-refractivity contribution in [1.29, 1.82) is 0 Å². The van der Waals surface area contributed by atoms with Crippen LogP contribution in [0.4, 0.5) is 0 Å². The van der Waals surface area contributed by atoms with E-state index in [9.17, 15) is 53.7 Å². The normalized spacial score (nSPS) is 15.4. The Morgan fingerprint density at radius 1 is 0.533 bits per heavy atom. The first-order valence-corrected chi connectivity index (χ1v) is 19.3. The van der Waals surface area contributed by atoms with Crippen LogP contribution in [0.1, 0.15) is 78.6 Å². The molecule has 26 heteroatoms. The highest BCUT2D eigenvalue weighted by atomic mass is 16.4. The summed E-state index contributed by atoms with van der Waals surface area (Å²) in [6, 6.07) is -10.2. The van der Waals surface area contributed by atoms with E-state index in [1.165, 1.54) is 13.8 Å². The number of nitrogens with zero attached hydrogens (tertiary/aromatic N) is 2. The number of carboxylic acid groups (broad SMARTS) is 1. The molecule has 23 N–H and O–H groups in total. The average Bonchev–Trinajstić information content (AvgIpc) is 3.15. The molecule has 0 saturated heterocycles. The minimum absolute atomic E-state index is 0.0403. The van der Waals surface area contributed by atoms with Crippen LogP contribution in [0, 0.1) is 0 Å². The summed E-state index contributed by atoms with van der Waals surface area (Å²) in [4.78, 5) is 110. The topological polar surface area (TPSA) is 476 Å². The number of hydrogen-bond donors (Lipinski definition) is 16. The van der Waals surface area contributed by atoms with E-state index < -0.39 is 115 Å². The highest BCUT2D eigenvalue weighted by molar-refractivity contribution is 5.97. The third-order valence-corrected chi connectivity index (χ3v) is 8.63. The van der Waals surface area contributed by atoms with Crippen LogP contribution in [0.3, 0.4) is 0 Å². The maximum atomic E-state index is 13.7. The lowest BCUT2D eigenvalue weighted by atomic mass is 10.0. The third kappa shape index (κ3) is 22.3. The van der Waals surface area contributed by atoms with Gasteiger partial charge in [0, 0.05) is 19.5 Å². The van der Waals surface area contributed by atoms with Gasteiger partial charge in [-0.1, -0.05) is 0 Å². The summed E-state index contributed by atoms with van der Waals surface area (Å²) < 4.78 is 0. The molecule has 0 aliphatic heterocycles. The summed E-state index contributed by atoms with van der Waals surface area (Å²) in [6.45, 7) is 4.09. The van der Waals surface area contributed by atoms with Crippen molar-refractivity contribution < 1.29 is 53.7 Å². The largest absolute Gasteiger partial charge is 0.480 e. The molecule has 7 amide bonds. The van der Waals surface area contributed by atoms with Crippen molar-refractivity contribution in [2.75, 3.05) is 19.6 Å². The molecule has 0 aromatic rings.